The summed E-state index contributed by atoms with van der Waals surface area (Å²) >= 11 is 6.56. The van der Waals surface area contributed by atoms with Crippen molar-refractivity contribution in [1.82, 2.24) is 4.31 Å². The second-order valence-corrected chi connectivity index (χ2v) is 12.1. The predicted octanol–water partition coefficient (Wildman–Crippen LogP) is 5.89. The number of nitro benzene ring substituents is 1. The Hall–Kier alpha value is -4.19. The fourth-order valence-electron chi connectivity index (χ4n) is 4.74. The molecule has 0 atom stereocenters. The molecule has 5 rings (SSSR count). The number of aryl methyl sites for hydroxylation is 2. The van der Waals surface area contributed by atoms with Crippen molar-refractivity contribution in [3.05, 3.63) is 105 Å². The Balaban J connectivity index is 1.33. The molecule has 1 N–H and O–H groups in total. The minimum absolute atomic E-state index is 0.0326. The third kappa shape index (κ3) is 5.83. The lowest BCUT2D eigenvalue weighted by Crippen LogP contribution is -2.49. The van der Waals surface area contributed by atoms with Crippen LogP contribution in [0.1, 0.15) is 21.7 Å². The van der Waals surface area contributed by atoms with E-state index in [1.54, 1.807) is 61.5 Å². The molecule has 1 aliphatic heterocycles. The van der Waals surface area contributed by atoms with Crippen molar-refractivity contribution in [2.75, 3.05) is 36.4 Å². The van der Waals surface area contributed by atoms with Gasteiger partial charge >= 0.3 is 0 Å². The van der Waals surface area contributed by atoms with E-state index in [0.29, 0.717) is 29.5 Å². The average Bonchev–Trinajstić information content (AvgIpc) is 3.44. The first kappa shape index (κ1) is 28.3. The molecule has 212 valence electrons. The highest BCUT2D eigenvalue weighted by atomic mass is 35.5. The van der Waals surface area contributed by atoms with Gasteiger partial charge in [0.1, 0.15) is 5.76 Å². The van der Waals surface area contributed by atoms with Gasteiger partial charge in [0.05, 0.1) is 31.8 Å². The number of benzene rings is 3. The zero-order chi connectivity index (χ0) is 29.3. The largest absolute Gasteiger partial charge is 0.451 e. The number of nitro groups is 1. The first-order valence-corrected chi connectivity index (χ1v) is 14.6. The molecule has 41 heavy (non-hydrogen) atoms. The molecule has 0 radical (unpaired) electrons. The minimum Gasteiger partial charge on any atom is -0.451 e. The van der Waals surface area contributed by atoms with E-state index in [1.165, 1.54) is 22.5 Å². The number of halogens is 1. The van der Waals surface area contributed by atoms with Crippen molar-refractivity contribution in [3.8, 4) is 11.3 Å². The minimum atomic E-state index is -3.64. The number of para-hydroxylation sites is 1. The van der Waals surface area contributed by atoms with Crippen molar-refractivity contribution in [1.29, 1.82) is 0 Å². The first-order valence-electron chi connectivity index (χ1n) is 12.8. The predicted molar refractivity (Wildman–Crippen MR) is 157 cm³/mol. The summed E-state index contributed by atoms with van der Waals surface area (Å²) < 4.78 is 33.4. The summed E-state index contributed by atoms with van der Waals surface area (Å²) in [5.41, 5.74) is 2.84. The molecule has 0 spiro atoms. The number of furan rings is 1. The molecule has 1 saturated heterocycles. The Kier molecular flexibility index (Phi) is 7.85. The van der Waals surface area contributed by atoms with Crippen LogP contribution in [0, 0.1) is 24.0 Å². The standard InChI is InChI=1S/C29H27ClN4O6S/c1-19-6-9-21(10-7-19)41(38,39)33-16-14-32(15-17-33)28-23(30)4-3-5-24(28)31-29(35)27-13-12-26(40-27)22-11-8-20(2)18-25(22)34(36)37/h3-13,18H,14-17H2,1-2H3,(H,31,35). The number of anilines is 2. The maximum atomic E-state index is 13.2. The van der Waals surface area contributed by atoms with E-state index in [1.807, 2.05) is 11.8 Å². The van der Waals surface area contributed by atoms with Crippen LogP contribution in [0.15, 0.2) is 82.1 Å². The molecule has 0 saturated carbocycles. The number of sulfonamides is 1. The van der Waals surface area contributed by atoms with Crippen LogP contribution in [-0.2, 0) is 10.0 Å². The molecule has 1 aliphatic rings. The van der Waals surface area contributed by atoms with Gasteiger partial charge in [-0.3, -0.25) is 14.9 Å². The fourth-order valence-corrected chi connectivity index (χ4v) is 6.45. The zero-order valence-corrected chi connectivity index (χ0v) is 23.9. The van der Waals surface area contributed by atoms with Gasteiger partial charge in [-0.2, -0.15) is 4.31 Å². The fraction of sp³-hybridized carbons (Fsp3) is 0.207. The second kappa shape index (κ2) is 11.4. The average molecular weight is 595 g/mol. The number of hydrogen-bond donors (Lipinski definition) is 1. The number of nitrogens with one attached hydrogen (secondary N) is 1. The van der Waals surface area contributed by atoms with E-state index < -0.39 is 20.9 Å². The van der Waals surface area contributed by atoms with Gasteiger partial charge in [0, 0.05) is 32.2 Å². The summed E-state index contributed by atoms with van der Waals surface area (Å²) in [5, 5.41) is 14.8. The number of piperazine rings is 1. The maximum Gasteiger partial charge on any atom is 0.291 e. The summed E-state index contributed by atoms with van der Waals surface area (Å²) in [6.45, 7) is 4.86. The lowest BCUT2D eigenvalue weighted by atomic mass is 10.1. The highest BCUT2D eigenvalue weighted by molar-refractivity contribution is 7.89. The third-order valence-electron chi connectivity index (χ3n) is 6.89. The first-order chi connectivity index (χ1) is 19.5. The highest BCUT2D eigenvalue weighted by Crippen LogP contribution is 2.36. The van der Waals surface area contributed by atoms with Crippen molar-refractivity contribution < 1.29 is 22.6 Å². The van der Waals surface area contributed by atoms with Crippen LogP contribution < -0.4 is 10.2 Å². The Labute approximate surface area is 242 Å². The zero-order valence-electron chi connectivity index (χ0n) is 22.3. The van der Waals surface area contributed by atoms with E-state index in [-0.39, 0.29) is 40.8 Å². The quantitative estimate of drug-likeness (QED) is 0.209. The molecule has 0 bridgehead atoms. The van der Waals surface area contributed by atoms with Crippen LogP contribution in [0.3, 0.4) is 0 Å². The van der Waals surface area contributed by atoms with Gasteiger partial charge in [0.2, 0.25) is 10.0 Å². The molecule has 4 aromatic rings. The number of carbonyl (C=O) groups is 1. The Morgan fingerprint density at radius 1 is 0.951 bits per heavy atom. The summed E-state index contributed by atoms with van der Waals surface area (Å²) in [6, 6.07) is 19.6. The van der Waals surface area contributed by atoms with Crippen molar-refractivity contribution in [3.63, 3.8) is 0 Å². The van der Waals surface area contributed by atoms with Gasteiger partial charge in [0.15, 0.2) is 5.76 Å². The molecule has 12 heteroatoms. The summed E-state index contributed by atoms with van der Waals surface area (Å²) in [5.74, 6) is -0.399. The highest BCUT2D eigenvalue weighted by Gasteiger charge is 2.30. The van der Waals surface area contributed by atoms with Crippen LogP contribution in [0.2, 0.25) is 5.02 Å². The van der Waals surface area contributed by atoms with E-state index in [4.69, 9.17) is 16.0 Å². The maximum absolute atomic E-state index is 13.2. The van der Waals surface area contributed by atoms with Crippen LogP contribution in [0.5, 0.6) is 0 Å². The Morgan fingerprint density at radius 3 is 2.32 bits per heavy atom. The SMILES string of the molecule is Cc1ccc(S(=O)(=O)N2CCN(c3c(Cl)cccc3NC(=O)c3ccc(-c4ccc(C)cc4[N+](=O)[O-])o3)CC2)cc1. The van der Waals surface area contributed by atoms with Gasteiger partial charge in [-0.1, -0.05) is 41.4 Å². The van der Waals surface area contributed by atoms with Gasteiger partial charge in [-0.15, -0.1) is 0 Å². The van der Waals surface area contributed by atoms with E-state index in [2.05, 4.69) is 5.32 Å². The lowest BCUT2D eigenvalue weighted by molar-refractivity contribution is -0.384. The Morgan fingerprint density at radius 2 is 1.63 bits per heavy atom. The molecule has 0 unspecified atom stereocenters. The number of rotatable bonds is 7. The van der Waals surface area contributed by atoms with Crippen molar-refractivity contribution in [2.24, 2.45) is 0 Å². The van der Waals surface area contributed by atoms with Crippen LogP contribution in [0.25, 0.3) is 11.3 Å². The van der Waals surface area contributed by atoms with Crippen molar-refractivity contribution >= 4 is 44.6 Å². The normalized spacial score (nSPS) is 14.2. The van der Waals surface area contributed by atoms with Gasteiger partial charge < -0.3 is 14.6 Å². The number of hydrogen-bond acceptors (Lipinski definition) is 7. The molecule has 1 fully saturated rings. The smallest absolute Gasteiger partial charge is 0.291 e. The molecule has 3 aromatic carbocycles. The molecule has 2 heterocycles. The van der Waals surface area contributed by atoms with Gasteiger partial charge in [-0.25, -0.2) is 8.42 Å². The lowest BCUT2D eigenvalue weighted by Gasteiger charge is -2.36. The van der Waals surface area contributed by atoms with Crippen LogP contribution in [0.4, 0.5) is 17.1 Å². The molecular formula is C29H27ClN4O6S. The monoisotopic (exact) mass is 594 g/mol. The molecule has 1 amide bonds. The molecule has 0 aliphatic carbocycles. The van der Waals surface area contributed by atoms with Crippen LogP contribution >= 0.6 is 11.6 Å². The van der Waals surface area contributed by atoms with Crippen molar-refractivity contribution in [2.45, 2.75) is 18.7 Å². The Bertz CT molecular complexity index is 1730. The molecular weight excluding hydrogens is 568 g/mol. The number of amides is 1. The van der Waals surface area contributed by atoms with E-state index in [0.717, 1.165) is 11.1 Å². The number of nitrogens with zero attached hydrogens (tertiary/aromatic N) is 3. The summed E-state index contributed by atoms with van der Waals surface area (Å²) in [4.78, 5) is 26.4. The second-order valence-electron chi connectivity index (χ2n) is 9.74. The van der Waals surface area contributed by atoms with E-state index >= 15 is 0 Å². The van der Waals surface area contributed by atoms with E-state index in [9.17, 15) is 23.3 Å². The molecule has 10 nitrogen and oxygen atoms in total. The third-order valence-corrected chi connectivity index (χ3v) is 9.11. The molecule has 1 aromatic heterocycles. The summed E-state index contributed by atoms with van der Waals surface area (Å²) in [6.07, 6.45) is 0. The van der Waals surface area contributed by atoms with Gasteiger partial charge in [0.25, 0.3) is 11.6 Å². The summed E-state index contributed by atoms with van der Waals surface area (Å²) in [7, 11) is -3.64. The number of carbonyl (C=O) groups excluding carboxylic acids is 1. The topological polar surface area (TPSA) is 126 Å². The van der Waals surface area contributed by atoms with Crippen LogP contribution in [-0.4, -0.2) is 49.7 Å². The van der Waals surface area contributed by atoms with Gasteiger partial charge in [-0.05, 0) is 61.9 Å².